The van der Waals surface area contributed by atoms with Crippen molar-refractivity contribution in [3.05, 3.63) is 29.8 Å². The van der Waals surface area contributed by atoms with E-state index in [1.165, 1.54) is 31.2 Å². The van der Waals surface area contributed by atoms with Gasteiger partial charge in [-0.1, -0.05) is 25.0 Å². The van der Waals surface area contributed by atoms with Crippen LogP contribution in [0.25, 0.3) is 0 Å². The van der Waals surface area contributed by atoms with Gasteiger partial charge in [-0.2, -0.15) is 0 Å². The van der Waals surface area contributed by atoms with Crippen molar-refractivity contribution in [2.45, 2.75) is 44.7 Å². The fourth-order valence-electron chi connectivity index (χ4n) is 2.31. The maximum absolute atomic E-state index is 9.20. The third-order valence-electron chi connectivity index (χ3n) is 3.23. The standard InChI is InChI=1S/C13H19NO/c1-10(14-12-4-2-3-5-12)11-6-8-13(15)9-7-11/h6-10,12,14-15H,2-5H2,1H3. The van der Waals surface area contributed by atoms with E-state index in [-0.39, 0.29) is 0 Å². The minimum Gasteiger partial charge on any atom is -0.508 e. The largest absolute Gasteiger partial charge is 0.508 e. The summed E-state index contributed by atoms with van der Waals surface area (Å²) < 4.78 is 0. The zero-order chi connectivity index (χ0) is 10.7. The summed E-state index contributed by atoms with van der Waals surface area (Å²) in [6, 6.07) is 8.55. The Morgan fingerprint density at radius 1 is 1.20 bits per heavy atom. The van der Waals surface area contributed by atoms with Crippen molar-refractivity contribution < 1.29 is 5.11 Å². The minimum absolute atomic E-state index is 0.340. The molecule has 2 heteroatoms. The van der Waals surface area contributed by atoms with Crippen LogP contribution >= 0.6 is 0 Å². The number of aromatic hydroxyl groups is 1. The van der Waals surface area contributed by atoms with Gasteiger partial charge in [-0.25, -0.2) is 0 Å². The van der Waals surface area contributed by atoms with Crippen LogP contribution in [0.15, 0.2) is 24.3 Å². The van der Waals surface area contributed by atoms with Gasteiger partial charge in [0, 0.05) is 12.1 Å². The number of hydrogen-bond donors (Lipinski definition) is 2. The number of nitrogens with one attached hydrogen (secondary N) is 1. The molecule has 2 nitrogen and oxygen atoms in total. The minimum atomic E-state index is 0.340. The van der Waals surface area contributed by atoms with Gasteiger partial charge in [0.1, 0.15) is 5.75 Å². The Morgan fingerprint density at radius 2 is 1.80 bits per heavy atom. The van der Waals surface area contributed by atoms with E-state index in [1.807, 2.05) is 12.1 Å². The van der Waals surface area contributed by atoms with Crippen molar-refractivity contribution in [2.75, 3.05) is 0 Å². The molecule has 1 unspecified atom stereocenters. The third-order valence-corrected chi connectivity index (χ3v) is 3.23. The summed E-state index contributed by atoms with van der Waals surface area (Å²) in [5.74, 6) is 0.340. The summed E-state index contributed by atoms with van der Waals surface area (Å²) in [5.41, 5.74) is 1.25. The van der Waals surface area contributed by atoms with E-state index < -0.39 is 0 Å². The summed E-state index contributed by atoms with van der Waals surface area (Å²) in [5, 5.41) is 12.8. The maximum atomic E-state index is 9.20. The topological polar surface area (TPSA) is 32.3 Å². The summed E-state index contributed by atoms with van der Waals surface area (Å²) in [7, 11) is 0. The van der Waals surface area contributed by atoms with Gasteiger partial charge in [-0.3, -0.25) is 0 Å². The van der Waals surface area contributed by atoms with Crippen molar-refractivity contribution in [3.63, 3.8) is 0 Å². The zero-order valence-corrected chi connectivity index (χ0v) is 9.24. The highest BCUT2D eigenvalue weighted by Gasteiger charge is 2.17. The lowest BCUT2D eigenvalue weighted by atomic mass is 10.1. The lowest BCUT2D eigenvalue weighted by Gasteiger charge is -2.19. The van der Waals surface area contributed by atoms with Crippen molar-refractivity contribution >= 4 is 0 Å². The normalized spacial score (nSPS) is 19.3. The molecule has 1 fully saturated rings. The first-order chi connectivity index (χ1) is 7.25. The van der Waals surface area contributed by atoms with Crippen LogP contribution in [0.3, 0.4) is 0 Å². The molecule has 0 aromatic heterocycles. The molecule has 15 heavy (non-hydrogen) atoms. The van der Waals surface area contributed by atoms with Crippen LogP contribution in [0.5, 0.6) is 5.75 Å². The Balaban J connectivity index is 1.94. The van der Waals surface area contributed by atoms with E-state index in [4.69, 9.17) is 0 Å². The fraction of sp³-hybridized carbons (Fsp3) is 0.538. The van der Waals surface area contributed by atoms with Gasteiger partial charge in [0.25, 0.3) is 0 Å². The Morgan fingerprint density at radius 3 is 2.40 bits per heavy atom. The monoisotopic (exact) mass is 205 g/mol. The molecule has 1 saturated carbocycles. The van der Waals surface area contributed by atoms with Crippen LogP contribution in [0.1, 0.15) is 44.2 Å². The molecule has 1 atom stereocenters. The Hall–Kier alpha value is -1.02. The van der Waals surface area contributed by atoms with Crippen LogP contribution in [0, 0.1) is 0 Å². The van der Waals surface area contributed by atoms with Crippen LogP contribution < -0.4 is 5.32 Å². The van der Waals surface area contributed by atoms with Crippen LogP contribution in [0.4, 0.5) is 0 Å². The zero-order valence-electron chi connectivity index (χ0n) is 9.24. The predicted octanol–water partition coefficient (Wildman–Crippen LogP) is 2.99. The van der Waals surface area contributed by atoms with Crippen LogP contribution in [0.2, 0.25) is 0 Å². The molecule has 0 spiro atoms. The molecule has 1 aliphatic carbocycles. The summed E-state index contributed by atoms with van der Waals surface area (Å²) in [6.45, 7) is 2.19. The molecule has 0 heterocycles. The quantitative estimate of drug-likeness (QED) is 0.795. The van der Waals surface area contributed by atoms with Gasteiger partial charge in [0.15, 0.2) is 0 Å². The number of phenolic OH excluding ortho intramolecular Hbond substituents is 1. The number of hydrogen-bond acceptors (Lipinski definition) is 2. The Bertz CT molecular complexity index is 301. The van der Waals surface area contributed by atoms with E-state index in [0.717, 1.165) is 0 Å². The second kappa shape index (κ2) is 4.67. The third kappa shape index (κ3) is 2.72. The molecular formula is C13H19NO. The highest BCUT2D eigenvalue weighted by atomic mass is 16.3. The number of rotatable bonds is 3. The number of benzene rings is 1. The van der Waals surface area contributed by atoms with Crippen LogP contribution in [-0.4, -0.2) is 11.1 Å². The molecule has 2 N–H and O–H groups in total. The van der Waals surface area contributed by atoms with Gasteiger partial charge in [0.05, 0.1) is 0 Å². The van der Waals surface area contributed by atoms with E-state index in [0.29, 0.717) is 17.8 Å². The molecule has 2 rings (SSSR count). The first-order valence-electron chi connectivity index (χ1n) is 5.80. The molecule has 0 saturated heterocycles. The molecular weight excluding hydrogens is 186 g/mol. The lowest BCUT2D eigenvalue weighted by molar-refractivity contribution is 0.458. The molecule has 0 aliphatic heterocycles. The van der Waals surface area contributed by atoms with E-state index in [9.17, 15) is 5.11 Å². The van der Waals surface area contributed by atoms with E-state index >= 15 is 0 Å². The molecule has 82 valence electrons. The molecule has 1 aromatic carbocycles. The van der Waals surface area contributed by atoms with Crippen molar-refractivity contribution in [3.8, 4) is 5.75 Å². The average Bonchev–Trinajstić information content (AvgIpc) is 2.71. The van der Waals surface area contributed by atoms with Gasteiger partial charge >= 0.3 is 0 Å². The van der Waals surface area contributed by atoms with Gasteiger partial charge in [0.2, 0.25) is 0 Å². The van der Waals surface area contributed by atoms with Crippen LogP contribution in [-0.2, 0) is 0 Å². The molecule has 0 radical (unpaired) electrons. The van der Waals surface area contributed by atoms with Gasteiger partial charge in [-0.15, -0.1) is 0 Å². The Kier molecular flexibility index (Phi) is 3.27. The smallest absolute Gasteiger partial charge is 0.115 e. The van der Waals surface area contributed by atoms with Crippen molar-refractivity contribution in [1.82, 2.24) is 5.32 Å². The summed E-state index contributed by atoms with van der Waals surface area (Å²) >= 11 is 0. The van der Waals surface area contributed by atoms with E-state index in [2.05, 4.69) is 12.2 Å². The molecule has 1 aromatic rings. The van der Waals surface area contributed by atoms with Crippen molar-refractivity contribution in [1.29, 1.82) is 0 Å². The van der Waals surface area contributed by atoms with E-state index in [1.54, 1.807) is 12.1 Å². The fourth-order valence-corrected chi connectivity index (χ4v) is 2.31. The SMILES string of the molecule is CC(NC1CCCC1)c1ccc(O)cc1. The second-order valence-corrected chi connectivity index (χ2v) is 4.46. The highest BCUT2D eigenvalue weighted by molar-refractivity contribution is 5.27. The van der Waals surface area contributed by atoms with Gasteiger partial charge in [-0.05, 0) is 37.5 Å². The molecule has 1 aliphatic rings. The first kappa shape index (κ1) is 10.5. The average molecular weight is 205 g/mol. The second-order valence-electron chi connectivity index (χ2n) is 4.46. The molecule has 0 bridgehead atoms. The van der Waals surface area contributed by atoms with Crippen molar-refractivity contribution in [2.24, 2.45) is 0 Å². The number of phenols is 1. The Labute approximate surface area is 91.3 Å². The first-order valence-corrected chi connectivity index (χ1v) is 5.80. The summed E-state index contributed by atoms with van der Waals surface area (Å²) in [6.07, 6.45) is 5.34. The lowest BCUT2D eigenvalue weighted by Crippen LogP contribution is -2.28. The molecule has 0 amide bonds. The predicted molar refractivity (Wildman–Crippen MR) is 61.9 cm³/mol. The van der Waals surface area contributed by atoms with Gasteiger partial charge < -0.3 is 10.4 Å². The maximum Gasteiger partial charge on any atom is 0.115 e. The summed E-state index contributed by atoms with van der Waals surface area (Å²) in [4.78, 5) is 0. The highest BCUT2D eigenvalue weighted by Crippen LogP contribution is 2.22.